The molecule has 0 aliphatic rings. The van der Waals surface area contributed by atoms with Gasteiger partial charge in [-0.05, 0) is 50.5 Å². The van der Waals surface area contributed by atoms with Crippen LogP contribution >= 0.6 is 0 Å². The SMILES string of the molecule is CCCN=Cc1c(C)[nH]n(-c2ccc(C)c(C)c2)c1=O. The summed E-state index contributed by atoms with van der Waals surface area (Å²) in [6.45, 7) is 8.81. The Kier molecular flexibility index (Phi) is 4.23. The standard InChI is InChI=1S/C16H21N3O/c1-5-8-17-10-15-13(4)18-19(16(15)20)14-7-6-11(2)12(3)9-14/h6-7,9-10,18H,5,8H2,1-4H3. The zero-order valence-electron chi connectivity index (χ0n) is 12.5. The molecule has 4 nitrogen and oxygen atoms in total. The number of hydrogen-bond donors (Lipinski definition) is 1. The molecule has 0 radical (unpaired) electrons. The van der Waals surface area contributed by atoms with Crippen molar-refractivity contribution >= 4 is 6.21 Å². The van der Waals surface area contributed by atoms with Crippen LogP contribution in [-0.4, -0.2) is 22.5 Å². The summed E-state index contributed by atoms with van der Waals surface area (Å²) in [6.07, 6.45) is 2.65. The van der Waals surface area contributed by atoms with Gasteiger partial charge in [-0.1, -0.05) is 13.0 Å². The van der Waals surface area contributed by atoms with E-state index in [9.17, 15) is 4.79 Å². The van der Waals surface area contributed by atoms with Crippen LogP contribution in [0.15, 0.2) is 28.0 Å². The zero-order valence-corrected chi connectivity index (χ0v) is 12.5. The predicted octanol–water partition coefficient (Wildman–Crippen LogP) is 2.92. The number of H-pyrrole nitrogens is 1. The quantitative estimate of drug-likeness (QED) is 0.854. The first kappa shape index (κ1) is 14.3. The summed E-state index contributed by atoms with van der Waals surface area (Å²) in [5, 5.41) is 3.12. The van der Waals surface area contributed by atoms with Crippen molar-refractivity contribution in [2.24, 2.45) is 4.99 Å². The van der Waals surface area contributed by atoms with E-state index in [4.69, 9.17) is 0 Å². The van der Waals surface area contributed by atoms with E-state index in [1.54, 1.807) is 10.9 Å². The van der Waals surface area contributed by atoms with Gasteiger partial charge in [0.1, 0.15) is 0 Å². The second-order valence-electron chi connectivity index (χ2n) is 5.09. The molecule has 2 aromatic rings. The van der Waals surface area contributed by atoms with E-state index < -0.39 is 0 Å². The fourth-order valence-electron chi connectivity index (χ4n) is 2.04. The Morgan fingerprint density at radius 2 is 2.00 bits per heavy atom. The lowest BCUT2D eigenvalue weighted by Crippen LogP contribution is -2.17. The number of benzene rings is 1. The van der Waals surface area contributed by atoms with Gasteiger partial charge >= 0.3 is 0 Å². The molecular weight excluding hydrogens is 250 g/mol. The summed E-state index contributed by atoms with van der Waals surface area (Å²) in [4.78, 5) is 16.7. The minimum atomic E-state index is -0.0504. The molecule has 106 valence electrons. The first-order chi connectivity index (χ1) is 9.54. The van der Waals surface area contributed by atoms with E-state index in [1.807, 2.05) is 32.0 Å². The smallest absolute Gasteiger partial charge is 0.280 e. The van der Waals surface area contributed by atoms with Crippen molar-refractivity contribution in [3.63, 3.8) is 0 Å². The minimum absolute atomic E-state index is 0.0504. The number of aryl methyl sites for hydroxylation is 3. The van der Waals surface area contributed by atoms with Crippen molar-refractivity contribution < 1.29 is 0 Å². The molecule has 0 saturated heterocycles. The third-order valence-corrected chi connectivity index (χ3v) is 3.44. The molecule has 0 fully saturated rings. The predicted molar refractivity (Wildman–Crippen MR) is 83.4 cm³/mol. The van der Waals surface area contributed by atoms with E-state index in [-0.39, 0.29) is 5.56 Å². The summed E-state index contributed by atoms with van der Waals surface area (Å²) in [7, 11) is 0. The second-order valence-corrected chi connectivity index (χ2v) is 5.09. The zero-order chi connectivity index (χ0) is 14.7. The Morgan fingerprint density at radius 1 is 1.25 bits per heavy atom. The van der Waals surface area contributed by atoms with Crippen LogP contribution in [0, 0.1) is 20.8 Å². The van der Waals surface area contributed by atoms with Crippen molar-refractivity contribution in [2.75, 3.05) is 6.54 Å². The Labute approximate surface area is 119 Å². The van der Waals surface area contributed by atoms with Gasteiger partial charge in [0.25, 0.3) is 5.56 Å². The first-order valence-electron chi connectivity index (χ1n) is 6.93. The molecule has 1 aromatic carbocycles. The van der Waals surface area contributed by atoms with Crippen molar-refractivity contribution in [3.8, 4) is 5.69 Å². The number of hydrogen-bond acceptors (Lipinski definition) is 2. The van der Waals surface area contributed by atoms with Crippen LogP contribution in [0.4, 0.5) is 0 Å². The lowest BCUT2D eigenvalue weighted by atomic mass is 10.1. The highest BCUT2D eigenvalue weighted by molar-refractivity contribution is 5.80. The second kappa shape index (κ2) is 5.90. The molecule has 20 heavy (non-hydrogen) atoms. The van der Waals surface area contributed by atoms with Gasteiger partial charge in [-0.25, -0.2) is 4.68 Å². The van der Waals surface area contributed by atoms with Crippen LogP contribution in [0.1, 0.15) is 35.7 Å². The Morgan fingerprint density at radius 3 is 2.65 bits per heavy atom. The van der Waals surface area contributed by atoms with Gasteiger partial charge in [-0.3, -0.25) is 14.9 Å². The molecule has 1 heterocycles. The number of nitrogens with zero attached hydrogens (tertiary/aromatic N) is 2. The third kappa shape index (κ3) is 2.74. The minimum Gasteiger partial charge on any atom is -0.295 e. The highest BCUT2D eigenvalue weighted by Crippen LogP contribution is 2.12. The van der Waals surface area contributed by atoms with Crippen molar-refractivity contribution in [3.05, 3.63) is 50.9 Å². The Bertz CT molecular complexity index is 692. The fourth-order valence-corrected chi connectivity index (χ4v) is 2.04. The maximum Gasteiger partial charge on any atom is 0.280 e. The number of aromatic amines is 1. The van der Waals surface area contributed by atoms with Gasteiger partial charge in [0.05, 0.1) is 11.3 Å². The largest absolute Gasteiger partial charge is 0.295 e. The molecular formula is C16H21N3O. The van der Waals surface area contributed by atoms with Gasteiger partial charge in [0, 0.05) is 18.5 Å². The average Bonchev–Trinajstić information content (AvgIpc) is 2.70. The molecule has 1 N–H and O–H groups in total. The van der Waals surface area contributed by atoms with E-state index in [2.05, 4.69) is 23.9 Å². The van der Waals surface area contributed by atoms with E-state index in [0.717, 1.165) is 24.3 Å². The molecule has 1 aromatic heterocycles. The fraction of sp³-hybridized carbons (Fsp3) is 0.375. The Balaban J connectivity index is 2.46. The van der Waals surface area contributed by atoms with Crippen LogP contribution in [0.25, 0.3) is 5.69 Å². The van der Waals surface area contributed by atoms with Gasteiger partial charge in [0.15, 0.2) is 0 Å². The molecule has 0 amide bonds. The molecule has 0 aliphatic heterocycles. The number of rotatable bonds is 4. The van der Waals surface area contributed by atoms with E-state index in [0.29, 0.717) is 5.56 Å². The van der Waals surface area contributed by atoms with Gasteiger partial charge in [-0.2, -0.15) is 0 Å². The lowest BCUT2D eigenvalue weighted by molar-refractivity contribution is 0.833. The molecule has 0 spiro atoms. The van der Waals surface area contributed by atoms with E-state index in [1.165, 1.54) is 11.1 Å². The monoisotopic (exact) mass is 271 g/mol. The molecule has 4 heteroatoms. The molecule has 0 unspecified atom stereocenters. The molecule has 0 saturated carbocycles. The number of aliphatic imine (C=N–C) groups is 1. The lowest BCUT2D eigenvalue weighted by Gasteiger charge is -2.05. The summed E-state index contributed by atoms with van der Waals surface area (Å²) in [6, 6.07) is 5.99. The average molecular weight is 271 g/mol. The highest BCUT2D eigenvalue weighted by Gasteiger charge is 2.10. The van der Waals surface area contributed by atoms with Crippen LogP contribution in [0.3, 0.4) is 0 Å². The van der Waals surface area contributed by atoms with Crippen LogP contribution in [0.5, 0.6) is 0 Å². The van der Waals surface area contributed by atoms with Gasteiger partial charge in [-0.15, -0.1) is 0 Å². The summed E-state index contributed by atoms with van der Waals surface area (Å²) >= 11 is 0. The topological polar surface area (TPSA) is 50.1 Å². The van der Waals surface area contributed by atoms with Crippen molar-refractivity contribution in [1.82, 2.24) is 9.78 Å². The maximum absolute atomic E-state index is 12.4. The Hall–Kier alpha value is -2.10. The van der Waals surface area contributed by atoms with Crippen molar-refractivity contribution in [1.29, 1.82) is 0 Å². The molecule has 0 aliphatic carbocycles. The van der Waals surface area contributed by atoms with E-state index >= 15 is 0 Å². The summed E-state index contributed by atoms with van der Waals surface area (Å²) in [5.74, 6) is 0. The summed E-state index contributed by atoms with van der Waals surface area (Å²) in [5.41, 5.74) is 4.67. The van der Waals surface area contributed by atoms with Crippen LogP contribution in [-0.2, 0) is 0 Å². The molecule has 2 rings (SSSR count). The van der Waals surface area contributed by atoms with Crippen LogP contribution < -0.4 is 5.56 Å². The van der Waals surface area contributed by atoms with Crippen molar-refractivity contribution in [2.45, 2.75) is 34.1 Å². The third-order valence-electron chi connectivity index (χ3n) is 3.44. The number of aromatic nitrogens is 2. The maximum atomic E-state index is 12.4. The summed E-state index contributed by atoms with van der Waals surface area (Å²) < 4.78 is 1.58. The number of nitrogens with one attached hydrogen (secondary N) is 1. The first-order valence-corrected chi connectivity index (χ1v) is 6.93. The highest BCUT2D eigenvalue weighted by atomic mass is 16.1. The molecule has 0 bridgehead atoms. The van der Waals surface area contributed by atoms with Gasteiger partial charge < -0.3 is 0 Å². The normalized spacial score (nSPS) is 11.4. The molecule has 0 atom stereocenters. The van der Waals surface area contributed by atoms with Crippen LogP contribution in [0.2, 0.25) is 0 Å². The van der Waals surface area contributed by atoms with Gasteiger partial charge in [0.2, 0.25) is 0 Å².